The van der Waals surface area contributed by atoms with E-state index in [1.54, 1.807) is 6.92 Å². The number of hydrogen-bond acceptors (Lipinski definition) is 7. The molecule has 0 unspecified atom stereocenters. The highest BCUT2D eigenvalue weighted by atomic mass is 35.5. The summed E-state index contributed by atoms with van der Waals surface area (Å²) in [6.07, 6.45) is -1.21. The summed E-state index contributed by atoms with van der Waals surface area (Å²) in [5.41, 5.74) is -1.33. The molecule has 4 aromatic rings. The predicted octanol–water partition coefficient (Wildman–Crippen LogP) is 6.23. The third-order valence-electron chi connectivity index (χ3n) is 5.70. The van der Waals surface area contributed by atoms with Gasteiger partial charge in [0.25, 0.3) is 10.0 Å². The van der Waals surface area contributed by atoms with Crippen LogP contribution in [-0.4, -0.2) is 36.4 Å². The first-order chi connectivity index (χ1) is 19.4. The summed E-state index contributed by atoms with van der Waals surface area (Å²) in [5.74, 6) is -2.03. The molecule has 2 aromatic heterocycles. The Kier molecular flexibility index (Phi) is 8.44. The molecule has 0 spiro atoms. The number of rotatable bonds is 8. The third kappa shape index (κ3) is 6.38. The van der Waals surface area contributed by atoms with Gasteiger partial charge in [-0.3, -0.25) is 9.69 Å². The number of amides is 1. The summed E-state index contributed by atoms with van der Waals surface area (Å²) in [6, 6.07) is 9.05. The zero-order valence-corrected chi connectivity index (χ0v) is 22.9. The molecule has 4 rings (SSSR count). The Labute approximate surface area is 236 Å². The van der Waals surface area contributed by atoms with Crippen LogP contribution in [0.25, 0.3) is 11.1 Å². The van der Waals surface area contributed by atoms with Gasteiger partial charge in [0.1, 0.15) is 22.3 Å². The molecule has 214 valence electrons. The number of carbonyl (C=O) groups excluding carboxylic acids is 1. The third-order valence-corrected chi connectivity index (χ3v) is 7.32. The zero-order valence-electron chi connectivity index (χ0n) is 21.3. The fraction of sp³-hybridized carbons (Fsp3) is 0.154. The number of alkyl halides is 3. The Morgan fingerprint density at radius 1 is 1.07 bits per heavy atom. The summed E-state index contributed by atoms with van der Waals surface area (Å²) in [6.45, 7) is 1.58. The van der Waals surface area contributed by atoms with Gasteiger partial charge in [-0.05, 0) is 48.0 Å². The minimum absolute atomic E-state index is 0.00928. The lowest BCUT2D eigenvalue weighted by Crippen LogP contribution is -2.26. The van der Waals surface area contributed by atoms with Crippen LogP contribution in [-0.2, 0) is 21.0 Å². The van der Waals surface area contributed by atoms with E-state index in [0.717, 1.165) is 17.2 Å². The van der Waals surface area contributed by atoms with Crippen LogP contribution in [0.3, 0.4) is 0 Å². The second-order valence-electron chi connectivity index (χ2n) is 8.31. The number of pyridine rings is 1. The van der Waals surface area contributed by atoms with E-state index in [0.29, 0.717) is 12.1 Å². The van der Waals surface area contributed by atoms with E-state index < -0.39 is 33.5 Å². The molecule has 15 heteroatoms. The van der Waals surface area contributed by atoms with Crippen molar-refractivity contribution in [1.82, 2.24) is 15.0 Å². The number of benzene rings is 2. The van der Waals surface area contributed by atoms with Crippen molar-refractivity contribution in [3.8, 4) is 16.9 Å². The average Bonchev–Trinajstić information content (AvgIpc) is 2.93. The molecule has 0 aliphatic carbocycles. The highest BCUT2D eigenvalue weighted by Gasteiger charge is 2.34. The topological polar surface area (TPSA) is 114 Å². The molecule has 0 aliphatic heterocycles. The van der Waals surface area contributed by atoms with Crippen molar-refractivity contribution in [1.29, 1.82) is 0 Å². The molecule has 0 saturated carbocycles. The average molecular weight is 610 g/mol. The van der Waals surface area contributed by atoms with Gasteiger partial charge in [0.15, 0.2) is 0 Å². The van der Waals surface area contributed by atoms with Crippen LogP contribution >= 0.6 is 11.6 Å². The molecule has 0 aliphatic rings. The molecule has 1 amide bonds. The summed E-state index contributed by atoms with van der Waals surface area (Å²) < 4.78 is 86.8. The Balaban J connectivity index is 1.75. The van der Waals surface area contributed by atoms with E-state index in [9.17, 15) is 30.8 Å². The predicted molar refractivity (Wildman–Crippen MR) is 143 cm³/mol. The Hall–Kier alpha value is -4.30. The second-order valence-corrected chi connectivity index (χ2v) is 10.4. The number of aromatic nitrogens is 3. The summed E-state index contributed by atoms with van der Waals surface area (Å²) in [4.78, 5) is 25.7. The largest absolute Gasteiger partial charge is 0.495 e. The Morgan fingerprint density at radius 2 is 1.78 bits per heavy atom. The molecule has 0 radical (unpaired) electrons. The van der Waals surface area contributed by atoms with Crippen molar-refractivity contribution in [2.75, 3.05) is 16.7 Å². The molecule has 0 bridgehead atoms. The Morgan fingerprint density at radius 3 is 2.37 bits per heavy atom. The van der Waals surface area contributed by atoms with Gasteiger partial charge < -0.3 is 4.74 Å². The van der Waals surface area contributed by atoms with Gasteiger partial charge in [0.05, 0.1) is 23.4 Å². The maximum absolute atomic E-state index is 13.8. The van der Waals surface area contributed by atoms with Crippen LogP contribution in [0.4, 0.5) is 35.0 Å². The highest BCUT2D eigenvalue weighted by molar-refractivity contribution is 7.92. The lowest BCUT2D eigenvalue weighted by Gasteiger charge is -2.25. The van der Waals surface area contributed by atoms with Crippen LogP contribution in [0, 0.1) is 5.82 Å². The number of carbonyl (C=O) groups is 1. The second kappa shape index (κ2) is 11.7. The minimum Gasteiger partial charge on any atom is -0.495 e. The number of ether oxygens (including phenoxy) is 1. The molecule has 1 N–H and O–H groups in total. The first-order valence-corrected chi connectivity index (χ1v) is 13.5. The van der Waals surface area contributed by atoms with E-state index in [1.807, 2.05) is 0 Å². The van der Waals surface area contributed by atoms with Crippen molar-refractivity contribution in [2.24, 2.45) is 0 Å². The molecule has 0 atom stereocenters. The molecule has 2 aromatic carbocycles. The number of anilines is 3. The lowest BCUT2D eigenvalue weighted by atomic mass is 10.0. The van der Waals surface area contributed by atoms with E-state index in [2.05, 4.69) is 19.7 Å². The van der Waals surface area contributed by atoms with Gasteiger partial charge in [-0.15, -0.1) is 0 Å². The molecule has 2 heterocycles. The molecule has 9 nitrogen and oxygen atoms in total. The number of halogens is 5. The lowest BCUT2D eigenvalue weighted by molar-refractivity contribution is -0.140. The first-order valence-electron chi connectivity index (χ1n) is 11.7. The van der Waals surface area contributed by atoms with Gasteiger partial charge in [-0.2, -0.15) is 13.2 Å². The van der Waals surface area contributed by atoms with Gasteiger partial charge in [-0.25, -0.2) is 32.5 Å². The van der Waals surface area contributed by atoms with Crippen LogP contribution in [0.15, 0.2) is 72.0 Å². The van der Waals surface area contributed by atoms with Crippen LogP contribution < -0.4 is 14.4 Å². The summed E-state index contributed by atoms with van der Waals surface area (Å²) >= 11 is 6.45. The van der Waals surface area contributed by atoms with Crippen molar-refractivity contribution in [3.63, 3.8) is 0 Å². The fourth-order valence-electron chi connectivity index (χ4n) is 3.75. The van der Waals surface area contributed by atoms with Crippen molar-refractivity contribution >= 4 is 45.0 Å². The van der Waals surface area contributed by atoms with E-state index in [-0.39, 0.29) is 50.7 Å². The number of nitrogens with one attached hydrogen (secondary N) is 1. The van der Waals surface area contributed by atoms with Crippen molar-refractivity contribution in [2.45, 2.75) is 24.4 Å². The standard InChI is InChI=1S/C26H20ClF4N5O4S/c1-3-24(37)36(23-8-6-16(14-34-23)41(38,39)35-25-32-9-4-10-33-25)21-13-19(27)17(12-22(21)40-2)15-5-7-20(28)18(11-15)26(29,30)31/h4-14H,3H2,1-2H3,(H,32,33,35). The van der Waals surface area contributed by atoms with Gasteiger partial charge in [0, 0.05) is 30.6 Å². The van der Waals surface area contributed by atoms with Crippen LogP contribution in [0.1, 0.15) is 18.9 Å². The smallest absolute Gasteiger partial charge is 0.419 e. The summed E-state index contributed by atoms with van der Waals surface area (Å²) in [5, 5.41) is -0.0688. The maximum Gasteiger partial charge on any atom is 0.419 e. The van der Waals surface area contributed by atoms with E-state index >= 15 is 0 Å². The highest BCUT2D eigenvalue weighted by Crippen LogP contribution is 2.43. The quantitative estimate of drug-likeness (QED) is 0.235. The van der Waals surface area contributed by atoms with Crippen molar-refractivity contribution in [3.05, 3.63) is 83.5 Å². The summed E-state index contributed by atoms with van der Waals surface area (Å²) in [7, 11) is -2.84. The molecule has 41 heavy (non-hydrogen) atoms. The van der Waals surface area contributed by atoms with E-state index in [4.69, 9.17) is 16.3 Å². The van der Waals surface area contributed by atoms with E-state index in [1.165, 1.54) is 49.8 Å². The molecule has 0 fully saturated rings. The number of hydrogen-bond donors (Lipinski definition) is 1. The molecular formula is C26H20ClF4N5O4S. The normalized spacial score (nSPS) is 11.7. The zero-order chi connectivity index (χ0) is 29.9. The maximum atomic E-state index is 13.8. The number of sulfonamides is 1. The first kappa shape index (κ1) is 29.7. The van der Waals surface area contributed by atoms with Gasteiger partial charge in [-0.1, -0.05) is 24.6 Å². The van der Waals surface area contributed by atoms with Crippen molar-refractivity contribution < 1.29 is 35.5 Å². The van der Waals surface area contributed by atoms with Gasteiger partial charge in [0.2, 0.25) is 11.9 Å². The Bertz CT molecular complexity index is 1690. The molecular weight excluding hydrogens is 590 g/mol. The van der Waals surface area contributed by atoms with Gasteiger partial charge >= 0.3 is 6.18 Å². The molecule has 0 saturated heterocycles. The number of nitrogens with zero attached hydrogens (tertiary/aromatic N) is 4. The number of methoxy groups -OCH3 is 1. The van der Waals surface area contributed by atoms with Crippen LogP contribution in [0.2, 0.25) is 5.02 Å². The van der Waals surface area contributed by atoms with Crippen LogP contribution in [0.5, 0.6) is 5.75 Å². The SMILES string of the molecule is CCC(=O)N(c1ccc(S(=O)(=O)Nc2ncccn2)cn1)c1cc(Cl)c(-c2ccc(F)c(C(F)(F)F)c2)cc1OC. The monoisotopic (exact) mass is 609 g/mol. The fourth-order valence-corrected chi connectivity index (χ4v) is 4.92. The minimum atomic E-state index is -4.93.